The molecule has 0 spiro atoms. The molecule has 0 aromatic heterocycles. The van der Waals surface area contributed by atoms with E-state index in [9.17, 15) is 4.79 Å². The predicted molar refractivity (Wildman–Crippen MR) is 89.2 cm³/mol. The standard InChI is InChI=1S/C17H24O4S/c1-17(2,10-15(18)19)13-7-4-8-14(16(13)20-3)21-12-6-5-9-22-11-12/h4,7-8,12H,5-6,9-11H2,1-3H3,(H,18,19). The molecule has 1 heterocycles. The first-order valence-corrected chi connectivity index (χ1v) is 8.73. The van der Waals surface area contributed by atoms with Gasteiger partial charge in [-0.2, -0.15) is 11.8 Å². The van der Waals surface area contributed by atoms with Crippen LogP contribution in [0.2, 0.25) is 0 Å². The number of carboxylic acid groups (broad SMARTS) is 1. The summed E-state index contributed by atoms with van der Waals surface area (Å²) in [7, 11) is 1.61. The number of aliphatic carboxylic acids is 1. The molecule has 5 heteroatoms. The molecule has 0 amide bonds. The van der Waals surface area contributed by atoms with Crippen LogP contribution in [0.25, 0.3) is 0 Å². The molecule has 2 rings (SSSR count). The number of thioether (sulfide) groups is 1. The third kappa shape index (κ3) is 4.09. The summed E-state index contributed by atoms with van der Waals surface area (Å²) >= 11 is 1.91. The van der Waals surface area contributed by atoms with Crippen molar-refractivity contribution in [2.45, 2.75) is 44.6 Å². The van der Waals surface area contributed by atoms with Gasteiger partial charge in [0, 0.05) is 16.7 Å². The lowest BCUT2D eigenvalue weighted by atomic mass is 9.81. The molecule has 0 radical (unpaired) electrons. The van der Waals surface area contributed by atoms with Crippen molar-refractivity contribution in [3.05, 3.63) is 23.8 Å². The fourth-order valence-corrected chi connectivity index (χ4v) is 3.84. The minimum absolute atomic E-state index is 0.0477. The van der Waals surface area contributed by atoms with Crippen molar-refractivity contribution in [3.8, 4) is 11.5 Å². The highest BCUT2D eigenvalue weighted by atomic mass is 32.2. The maximum atomic E-state index is 11.1. The Morgan fingerprint density at radius 1 is 1.45 bits per heavy atom. The van der Waals surface area contributed by atoms with E-state index in [1.54, 1.807) is 7.11 Å². The maximum absolute atomic E-state index is 11.1. The molecule has 0 bridgehead atoms. The first-order valence-electron chi connectivity index (χ1n) is 7.57. The van der Waals surface area contributed by atoms with Crippen LogP contribution in [0.1, 0.15) is 38.7 Å². The number of methoxy groups -OCH3 is 1. The lowest BCUT2D eigenvalue weighted by Crippen LogP contribution is -2.25. The van der Waals surface area contributed by atoms with Gasteiger partial charge in [-0.3, -0.25) is 4.79 Å². The zero-order chi connectivity index (χ0) is 16.2. The van der Waals surface area contributed by atoms with Gasteiger partial charge in [0.05, 0.1) is 13.5 Å². The molecule has 1 aliphatic heterocycles. The van der Waals surface area contributed by atoms with Gasteiger partial charge in [-0.25, -0.2) is 0 Å². The van der Waals surface area contributed by atoms with E-state index in [0.29, 0.717) is 11.5 Å². The Morgan fingerprint density at radius 3 is 2.82 bits per heavy atom. The second-order valence-electron chi connectivity index (χ2n) is 6.25. The van der Waals surface area contributed by atoms with E-state index in [0.717, 1.165) is 17.7 Å². The van der Waals surface area contributed by atoms with Crippen molar-refractivity contribution in [1.29, 1.82) is 0 Å². The van der Waals surface area contributed by atoms with Gasteiger partial charge in [0.15, 0.2) is 11.5 Å². The number of carbonyl (C=O) groups is 1. The Kier molecular flexibility index (Phi) is 5.62. The molecule has 1 fully saturated rings. The molecule has 22 heavy (non-hydrogen) atoms. The average Bonchev–Trinajstić information content (AvgIpc) is 2.47. The highest BCUT2D eigenvalue weighted by molar-refractivity contribution is 7.99. The van der Waals surface area contributed by atoms with Gasteiger partial charge >= 0.3 is 5.97 Å². The SMILES string of the molecule is COc1c(OC2CCCSC2)cccc1C(C)(C)CC(=O)O. The van der Waals surface area contributed by atoms with Crippen molar-refractivity contribution in [2.24, 2.45) is 0 Å². The van der Waals surface area contributed by atoms with Gasteiger partial charge in [0.2, 0.25) is 0 Å². The number of hydrogen-bond acceptors (Lipinski definition) is 4. The Morgan fingerprint density at radius 2 is 2.23 bits per heavy atom. The molecule has 1 aliphatic rings. The van der Waals surface area contributed by atoms with Crippen molar-refractivity contribution in [2.75, 3.05) is 18.6 Å². The van der Waals surface area contributed by atoms with Gasteiger partial charge in [-0.1, -0.05) is 26.0 Å². The number of ether oxygens (including phenoxy) is 2. The molecule has 1 aromatic carbocycles. The number of benzene rings is 1. The summed E-state index contributed by atoms with van der Waals surface area (Å²) in [6, 6.07) is 5.73. The number of rotatable bonds is 6. The van der Waals surface area contributed by atoms with Crippen LogP contribution >= 0.6 is 11.8 Å². The molecule has 0 saturated carbocycles. The molecule has 1 aromatic rings. The number of carboxylic acids is 1. The second kappa shape index (κ2) is 7.27. The van der Waals surface area contributed by atoms with Crippen LogP contribution in [-0.4, -0.2) is 35.8 Å². The molecule has 0 aliphatic carbocycles. The van der Waals surface area contributed by atoms with Gasteiger partial charge < -0.3 is 14.6 Å². The Labute approximate surface area is 136 Å². The summed E-state index contributed by atoms with van der Waals surface area (Å²) in [6.07, 6.45) is 2.47. The van der Waals surface area contributed by atoms with Crippen LogP contribution < -0.4 is 9.47 Å². The quantitative estimate of drug-likeness (QED) is 0.864. The minimum Gasteiger partial charge on any atom is -0.493 e. The zero-order valence-electron chi connectivity index (χ0n) is 13.4. The highest BCUT2D eigenvalue weighted by Crippen LogP contribution is 2.41. The smallest absolute Gasteiger partial charge is 0.304 e. The molecule has 1 atom stereocenters. The first-order chi connectivity index (χ1) is 10.4. The van der Waals surface area contributed by atoms with Gasteiger partial charge in [-0.05, 0) is 24.7 Å². The first kappa shape index (κ1) is 17.0. The summed E-state index contributed by atoms with van der Waals surface area (Å²) in [5.41, 5.74) is 0.357. The van der Waals surface area contributed by atoms with Crippen LogP contribution in [-0.2, 0) is 10.2 Å². The Hall–Kier alpha value is -1.36. The summed E-state index contributed by atoms with van der Waals surface area (Å²) in [5, 5.41) is 9.13. The molecular weight excluding hydrogens is 300 g/mol. The summed E-state index contributed by atoms with van der Waals surface area (Å²) in [6.45, 7) is 3.83. The lowest BCUT2D eigenvalue weighted by Gasteiger charge is -2.28. The largest absolute Gasteiger partial charge is 0.493 e. The average molecular weight is 324 g/mol. The van der Waals surface area contributed by atoms with E-state index in [2.05, 4.69) is 0 Å². The van der Waals surface area contributed by atoms with Crippen molar-refractivity contribution in [1.82, 2.24) is 0 Å². The molecular formula is C17H24O4S. The normalized spacial score (nSPS) is 18.8. The minimum atomic E-state index is -0.818. The van der Waals surface area contributed by atoms with Crippen LogP contribution in [0.15, 0.2) is 18.2 Å². The molecule has 122 valence electrons. The summed E-state index contributed by atoms with van der Waals surface area (Å²) in [5.74, 6) is 2.74. The van der Waals surface area contributed by atoms with Crippen LogP contribution in [0.5, 0.6) is 11.5 Å². The number of para-hydroxylation sites is 1. The fourth-order valence-electron chi connectivity index (χ4n) is 2.81. The summed E-state index contributed by atoms with van der Waals surface area (Å²) in [4.78, 5) is 11.1. The van der Waals surface area contributed by atoms with Crippen molar-refractivity contribution >= 4 is 17.7 Å². The molecule has 4 nitrogen and oxygen atoms in total. The van der Waals surface area contributed by atoms with E-state index in [1.807, 2.05) is 43.8 Å². The Bertz CT molecular complexity index is 521. The van der Waals surface area contributed by atoms with E-state index in [-0.39, 0.29) is 12.5 Å². The van der Waals surface area contributed by atoms with Crippen LogP contribution in [0, 0.1) is 0 Å². The summed E-state index contributed by atoms with van der Waals surface area (Å²) < 4.78 is 11.7. The third-order valence-electron chi connectivity index (χ3n) is 3.92. The topological polar surface area (TPSA) is 55.8 Å². The van der Waals surface area contributed by atoms with E-state index >= 15 is 0 Å². The van der Waals surface area contributed by atoms with E-state index < -0.39 is 11.4 Å². The van der Waals surface area contributed by atoms with E-state index in [4.69, 9.17) is 14.6 Å². The van der Waals surface area contributed by atoms with Gasteiger partial charge in [0.25, 0.3) is 0 Å². The predicted octanol–water partition coefficient (Wildman–Crippen LogP) is 3.72. The van der Waals surface area contributed by atoms with Crippen LogP contribution in [0.3, 0.4) is 0 Å². The van der Waals surface area contributed by atoms with E-state index in [1.165, 1.54) is 12.2 Å². The molecule has 1 N–H and O–H groups in total. The highest BCUT2D eigenvalue weighted by Gasteiger charge is 2.29. The van der Waals surface area contributed by atoms with Crippen molar-refractivity contribution < 1.29 is 19.4 Å². The van der Waals surface area contributed by atoms with Gasteiger partial charge in [-0.15, -0.1) is 0 Å². The maximum Gasteiger partial charge on any atom is 0.304 e. The number of hydrogen-bond donors (Lipinski definition) is 1. The zero-order valence-corrected chi connectivity index (χ0v) is 14.2. The second-order valence-corrected chi connectivity index (χ2v) is 7.40. The van der Waals surface area contributed by atoms with Gasteiger partial charge in [0.1, 0.15) is 6.10 Å². The fraction of sp³-hybridized carbons (Fsp3) is 0.588. The monoisotopic (exact) mass is 324 g/mol. The molecule has 1 unspecified atom stereocenters. The third-order valence-corrected chi connectivity index (χ3v) is 5.10. The van der Waals surface area contributed by atoms with Crippen LogP contribution in [0.4, 0.5) is 0 Å². The molecule has 1 saturated heterocycles. The lowest BCUT2D eigenvalue weighted by molar-refractivity contribution is -0.138. The van der Waals surface area contributed by atoms with Crippen molar-refractivity contribution in [3.63, 3.8) is 0 Å². The Balaban J connectivity index is 2.28.